The molecule has 1 aliphatic heterocycles. The fourth-order valence-corrected chi connectivity index (χ4v) is 2.86. The predicted octanol–water partition coefficient (Wildman–Crippen LogP) is 3.51. The average molecular weight is 379 g/mol. The van der Waals surface area contributed by atoms with Crippen LogP contribution in [-0.4, -0.2) is 41.0 Å². The summed E-state index contributed by atoms with van der Waals surface area (Å²) in [6.45, 7) is 7.02. The first-order valence-corrected chi connectivity index (χ1v) is 8.94. The molecule has 1 atom stereocenters. The van der Waals surface area contributed by atoms with Crippen molar-refractivity contribution in [1.82, 2.24) is 4.90 Å². The van der Waals surface area contributed by atoms with Crippen molar-refractivity contribution in [3.05, 3.63) is 24.0 Å². The fourth-order valence-electron chi connectivity index (χ4n) is 2.86. The number of hydrogen-bond donors (Lipinski definition) is 2. The van der Waals surface area contributed by atoms with Crippen LogP contribution in [0.5, 0.6) is 0 Å². The van der Waals surface area contributed by atoms with Crippen molar-refractivity contribution < 1.29 is 23.5 Å². The van der Waals surface area contributed by atoms with E-state index in [9.17, 15) is 18.8 Å². The number of carbonyl (C=O) groups is 3. The summed E-state index contributed by atoms with van der Waals surface area (Å²) in [5.41, 5.74) is -0.340. The van der Waals surface area contributed by atoms with Gasteiger partial charge in [0.1, 0.15) is 17.5 Å². The maximum atomic E-state index is 13.8. The Bertz CT molecular complexity index is 730. The molecule has 1 aliphatic rings. The Kier molecular flexibility index (Phi) is 6.41. The first kappa shape index (κ1) is 20.7. The number of anilines is 2. The fraction of sp³-hybridized carbons (Fsp3) is 0.526. The molecular weight excluding hydrogens is 353 g/mol. The Labute approximate surface area is 158 Å². The second-order valence-electron chi connectivity index (χ2n) is 7.55. The third-order valence-electron chi connectivity index (χ3n) is 3.98. The normalized spacial score (nSPS) is 17.2. The summed E-state index contributed by atoms with van der Waals surface area (Å²) in [6, 6.07) is 3.24. The van der Waals surface area contributed by atoms with E-state index in [1.807, 2.05) is 0 Å². The summed E-state index contributed by atoms with van der Waals surface area (Å²) in [5.74, 6) is -1.39. The lowest BCUT2D eigenvalue weighted by molar-refractivity contribution is -0.122. The monoisotopic (exact) mass is 379 g/mol. The third-order valence-corrected chi connectivity index (χ3v) is 3.98. The van der Waals surface area contributed by atoms with Crippen molar-refractivity contribution >= 4 is 29.3 Å². The predicted molar refractivity (Wildman–Crippen MR) is 99.9 cm³/mol. The summed E-state index contributed by atoms with van der Waals surface area (Å²) in [5, 5.41) is 5.06. The van der Waals surface area contributed by atoms with Crippen LogP contribution in [-0.2, 0) is 14.3 Å². The van der Waals surface area contributed by atoms with Crippen LogP contribution in [0.25, 0.3) is 0 Å². The molecule has 1 unspecified atom stereocenters. The van der Waals surface area contributed by atoms with Crippen molar-refractivity contribution in [3.8, 4) is 0 Å². The van der Waals surface area contributed by atoms with Gasteiger partial charge in [-0.1, -0.05) is 0 Å². The van der Waals surface area contributed by atoms with Gasteiger partial charge in [0.15, 0.2) is 0 Å². The smallest absolute Gasteiger partial charge is 0.410 e. The topological polar surface area (TPSA) is 87.7 Å². The Hall–Kier alpha value is -2.64. The molecule has 0 bridgehead atoms. The lowest BCUT2D eigenvalue weighted by atomic mass is 10.0. The van der Waals surface area contributed by atoms with E-state index in [4.69, 9.17) is 4.74 Å². The first-order chi connectivity index (χ1) is 12.6. The lowest BCUT2D eigenvalue weighted by Gasteiger charge is -2.35. The van der Waals surface area contributed by atoms with E-state index in [-0.39, 0.29) is 11.6 Å². The minimum Gasteiger partial charge on any atom is -0.444 e. The Balaban J connectivity index is 2.13. The first-order valence-electron chi connectivity index (χ1n) is 8.94. The van der Waals surface area contributed by atoms with Crippen LogP contribution in [0.4, 0.5) is 20.6 Å². The molecule has 7 nitrogen and oxygen atoms in total. The highest BCUT2D eigenvalue weighted by atomic mass is 19.1. The molecule has 148 valence electrons. The number of ether oxygens (including phenoxy) is 1. The number of piperidine rings is 1. The Morgan fingerprint density at radius 3 is 2.52 bits per heavy atom. The minimum atomic E-state index is -0.664. The summed E-state index contributed by atoms with van der Waals surface area (Å²) >= 11 is 0. The van der Waals surface area contributed by atoms with Gasteiger partial charge in [0.25, 0.3) is 0 Å². The molecule has 0 aliphatic carbocycles. The van der Waals surface area contributed by atoms with Crippen molar-refractivity contribution in [2.45, 2.75) is 58.6 Å². The molecule has 0 aromatic heterocycles. The van der Waals surface area contributed by atoms with Crippen LogP contribution in [0, 0.1) is 5.82 Å². The maximum absolute atomic E-state index is 13.8. The highest BCUT2D eigenvalue weighted by molar-refractivity contribution is 5.97. The molecule has 2 rings (SSSR count). The lowest BCUT2D eigenvalue weighted by Crippen LogP contribution is -2.51. The molecule has 0 spiro atoms. The molecule has 27 heavy (non-hydrogen) atoms. The number of nitrogens with one attached hydrogen (secondary N) is 2. The van der Waals surface area contributed by atoms with E-state index in [2.05, 4.69) is 10.6 Å². The molecule has 1 heterocycles. The molecule has 1 saturated heterocycles. The third kappa shape index (κ3) is 5.94. The standard InChI is InChI=1S/C19H26FN3O4/c1-12(24)21-15-11-13(8-9-14(15)20)22-17(25)16-7-5-6-10-23(16)18(26)27-19(2,3)4/h8-9,11,16H,5-7,10H2,1-4H3,(H,21,24)(H,22,25). The number of amides is 3. The Morgan fingerprint density at radius 2 is 1.89 bits per heavy atom. The van der Waals surface area contributed by atoms with Gasteiger partial charge in [-0.15, -0.1) is 0 Å². The largest absolute Gasteiger partial charge is 0.444 e. The molecule has 0 saturated carbocycles. The molecule has 1 aromatic rings. The molecular formula is C19H26FN3O4. The van der Waals surface area contributed by atoms with Gasteiger partial charge in [0, 0.05) is 19.2 Å². The van der Waals surface area contributed by atoms with Gasteiger partial charge in [-0.05, 0) is 58.2 Å². The highest BCUT2D eigenvalue weighted by Gasteiger charge is 2.34. The molecule has 8 heteroatoms. The highest BCUT2D eigenvalue weighted by Crippen LogP contribution is 2.24. The van der Waals surface area contributed by atoms with Crippen LogP contribution in [0.1, 0.15) is 47.0 Å². The number of nitrogens with zero attached hydrogens (tertiary/aromatic N) is 1. The summed E-state index contributed by atoms with van der Waals surface area (Å²) in [4.78, 5) is 37.7. The van der Waals surface area contributed by atoms with Crippen molar-refractivity contribution in [2.75, 3.05) is 17.2 Å². The number of likely N-dealkylation sites (tertiary alicyclic amines) is 1. The molecule has 1 fully saturated rings. The van der Waals surface area contributed by atoms with E-state index in [1.54, 1.807) is 20.8 Å². The summed E-state index contributed by atoms with van der Waals surface area (Å²) < 4.78 is 19.1. The summed E-state index contributed by atoms with van der Waals surface area (Å²) in [6.07, 6.45) is 1.61. The Morgan fingerprint density at radius 1 is 1.19 bits per heavy atom. The average Bonchev–Trinajstić information content (AvgIpc) is 2.56. The minimum absolute atomic E-state index is 0.0204. The number of carbonyl (C=O) groups excluding carboxylic acids is 3. The van der Waals surface area contributed by atoms with Crippen LogP contribution in [0.15, 0.2) is 18.2 Å². The van der Waals surface area contributed by atoms with E-state index in [0.717, 1.165) is 18.9 Å². The zero-order chi connectivity index (χ0) is 20.2. The van der Waals surface area contributed by atoms with Gasteiger partial charge in [0.05, 0.1) is 5.69 Å². The molecule has 2 N–H and O–H groups in total. The summed E-state index contributed by atoms with van der Waals surface area (Å²) in [7, 11) is 0. The van der Waals surface area contributed by atoms with E-state index in [1.165, 1.54) is 24.0 Å². The van der Waals surface area contributed by atoms with Crippen molar-refractivity contribution in [3.63, 3.8) is 0 Å². The van der Waals surface area contributed by atoms with E-state index < -0.39 is 29.5 Å². The molecule has 0 radical (unpaired) electrons. The van der Waals surface area contributed by atoms with Crippen LogP contribution in [0.3, 0.4) is 0 Å². The number of benzene rings is 1. The quantitative estimate of drug-likeness (QED) is 0.841. The van der Waals surface area contributed by atoms with Crippen LogP contribution < -0.4 is 10.6 Å². The number of rotatable bonds is 3. The van der Waals surface area contributed by atoms with Gasteiger partial charge >= 0.3 is 6.09 Å². The van der Waals surface area contributed by atoms with Gasteiger partial charge < -0.3 is 15.4 Å². The SMILES string of the molecule is CC(=O)Nc1cc(NC(=O)C2CCCCN2C(=O)OC(C)(C)C)ccc1F. The van der Waals surface area contributed by atoms with Gasteiger partial charge in [0.2, 0.25) is 11.8 Å². The molecule has 3 amide bonds. The second kappa shape index (κ2) is 8.37. The second-order valence-corrected chi connectivity index (χ2v) is 7.55. The molecule has 1 aromatic carbocycles. The van der Waals surface area contributed by atoms with Gasteiger partial charge in [-0.3, -0.25) is 14.5 Å². The van der Waals surface area contributed by atoms with Crippen molar-refractivity contribution in [1.29, 1.82) is 0 Å². The number of hydrogen-bond acceptors (Lipinski definition) is 4. The van der Waals surface area contributed by atoms with E-state index in [0.29, 0.717) is 18.7 Å². The van der Waals surface area contributed by atoms with Gasteiger partial charge in [-0.2, -0.15) is 0 Å². The van der Waals surface area contributed by atoms with Gasteiger partial charge in [-0.25, -0.2) is 9.18 Å². The van der Waals surface area contributed by atoms with Crippen molar-refractivity contribution in [2.24, 2.45) is 0 Å². The zero-order valence-electron chi connectivity index (χ0n) is 16.1. The van der Waals surface area contributed by atoms with Crippen LogP contribution >= 0.6 is 0 Å². The van der Waals surface area contributed by atoms with E-state index >= 15 is 0 Å². The van der Waals surface area contributed by atoms with Crippen LogP contribution in [0.2, 0.25) is 0 Å². The maximum Gasteiger partial charge on any atom is 0.410 e. The number of halogens is 1. The zero-order valence-corrected chi connectivity index (χ0v) is 16.1.